The molecule has 0 N–H and O–H groups in total. The number of amides is 1. The molecule has 1 aliphatic carbocycles. The fraction of sp³-hybridized carbons (Fsp3) is 0.440. The van der Waals surface area contributed by atoms with Crippen molar-refractivity contribution in [3.8, 4) is 6.07 Å². The van der Waals surface area contributed by atoms with Crippen LogP contribution < -0.4 is 10.4 Å². The average Bonchev–Trinajstić information content (AvgIpc) is 3.52. The van der Waals surface area contributed by atoms with Crippen molar-refractivity contribution in [2.24, 2.45) is 0 Å². The van der Waals surface area contributed by atoms with Gasteiger partial charge in [-0.15, -0.1) is 0 Å². The fourth-order valence-corrected chi connectivity index (χ4v) is 3.81. The van der Waals surface area contributed by atoms with Gasteiger partial charge in [0.1, 0.15) is 11.9 Å². The van der Waals surface area contributed by atoms with Gasteiger partial charge in [-0.2, -0.15) is 10.4 Å². The van der Waals surface area contributed by atoms with E-state index in [1.54, 1.807) is 40.0 Å². The molecule has 9 heteroatoms. The van der Waals surface area contributed by atoms with Crippen molar-refractivity contribution in [2.75, 3.05) is 4.90 Å². The third kappa shape index (κ3) is 4.19. The van der Waals surface area contributed by atoms with E-state index >= 15 is 0 Å². The summed E-state index contributed by atoms with van der Waals surface area (Å²) in [6.45, 7) is 12.0. The van der Waals surface area contributed by atoms with Crippen molar-refractivity contribution < 1.29 is 14.1 Å². The van der Waals surface area contributed by atoms with Gasteiger partial charge in [-0.3, -0.25) is 9.69 Å². The van der Waals surface area contributed by atoms with Gasteiger partial charge in [0.15, 0.2) is 0 Å². The Morgan fingerprint density at radius 2 is 1.82 bits per heavy atom. The number of nitriles is 1. The predicted molar refractivity (Wildman–Crippen MR) is 131 cm³/mol. The number of carbonyl (C=O) groups excluding carboxylic acids is 1. The molecule has 0 atom stereocenters. The zero-order valence-electron chi connectivity index (χ0n) is 20.6. The number of nitrogens with zero attached hydrogens (tertiary/aromatic N) is 5. The molecule has 0 unspecified atom stereocenters. The molecule has 2 fully saturated rings. The van der Waals surface area contributed by atoms with Gasteiger partial charge in [0, 0.05) is 35.7 Å². The lowest BCUT2D eigenvalue weighted by molar-refractivity contribution is 0.00578. The standard InChI is InChI=1S/C23H24BN5O3.C2H6/c1-22(2)23(3,4)32-24(31-22)18-14-27-28-10-9-16(11-19(18)28)21(30)29(17-6-7-17)20-8-5-15(12-25)13-26-20;1-2/h5,8-11,13-14,17H,6-7H2,1-4H3;1-2H3. The van der Waals surface area contributed by atoms with Gasteiger partial charge in [-0.05, 0) is 64.8 Å². The molecule has 1 saturated heterocycles. The van der Waals surface area contributed by atoms with E-state index in [1.807, 2.05) is 47.6 Å². The highest BCUT2D eigenvalue weighted by Crippen LogP contribution is 2.37. The highest BCUT2D eigenvalue weighted by molar-refractivity contribution is 6.64. The molecule has 0 bridgehead atoms. The first-order chi connectivity index (χ1) is 16.2. The van der Waals surface area contributed by atoms with E-state index in [4.69, 9.17) is 14.6 Å². The normalized spacial score (nSPS) is 18.2. The minimum absolute atomic E-state index is 0.117. The molecule has 3 aromatic heterocycles. The second kappa shape index (κ2) is 8.86. The maximum atomic E-state index is 13.5. The van der Waals surface area contributed by atoms with E-state index in [2.05, 4.69) is 16.2 Å². The van der Waals surface area contributed by atoms with E-state index in [-0.39, 0.29) is 11.9 Å². The predicted octanol–water partition coefficient (Wildman–Crippen LogP) is 3.74. The van der Waals surface area contributed by atoms with Crippen LogP contribution in [0.5, 0.6) is 0 Å². The van der Waals surface area contributed by atoms with Gasteiger partial charge < -0.3 is 9.31 Å². The summed E-state index contributed by atoms with van der Waals surface area (Å²) in [6, 6.07) is 9.17. The monoisotopic (exact) mass is 459 g/mol. The molecule has 1 amide bonds. The van der Waals surface area contributed by atoms with Gasteiger partial charge in [-0.25, -0.2) is 9.50 Å². The molecule has 4 heterocycles. The van der Waals surface area contributed by atoms with Crippen molar-refractivity contribution in [1.29, 1.82) is 5.26 Å². The summed E-state index contributed by atoms with van der Waals surface area (Å²) in [7, 11) is -0.567. The zero-order chi connectivity index (χ0) is 24.7. The van der Waals surface area contributed by atoms with Crippen LogP contribution in [0.3, 0.4) is 0 Å². The summed E-state index contributed by atoms with van der Waals surface area (Å²) < 4.78 is 14.1. The third-order valence-corrected chi connectivity index (χ3v) is 6.56. The number of fused-ring (bicyclic) bond motifs is 1. The largest absolute Gasteiger partial charge is 0.498 e. The Bertz CT molecular complexity index is 1230. The van der Waals surface area contributed by atoms with Crippen LogP contribution in [0.25, 0.3) is 5.52 Å². The molecule has 176 valence electrons. The number of anilines is 1. The van der Waals surface area contributed by atoms with Crippen LogP contribution in [0, 0.1) is 11.3 Å². The highest BCUT2D eigenvalue weighted by atomic mass is 16.7. The Morgan fingerprint density at radius 1 is 1.15 bits per heavy atom. The van der Waals surface area contributed by atoms with Crippen LogP contribution in [0.1, 0.15) is 70.3 Å². The first-order valence-electron chi connectivity index (χ1n) is 11.7. The smallest absolute Gasteiger partial charge is 0.399 e. The van der Waals surface area contributed by atoms with Crippen molar-refractivity contribution in [1.82, 2.24) is 14.6 Å². The SMILES string of the molecule is CC.CC1(C)OB(c2cnn3ccc(C(=O)N(c4ccc(C#N)cn4)C4CC4)cc23)OC1(C)C. The fourth-order valence-electron chi connectivity index (χ4n) is 3.81. The molecule has 0 spiro atoms. The maximum Gasteiger partial charge on any atom is 0.498 e. The number of carbonyl (C=O) groups is 1. The van der Waals surface area contributed by atoms with Crippen LogP contribution in [-0.2, 0) is 9.31 Å². The van der Waals surface area contributed by atoms with Crippen molar-refractivity contribution in [3.05, 3.63) is 54.0 Å². The molecule has 34 heavy (non-hydrogen) atoms. The van der Waals surface area contributed by atoms with Gasteiger partial charge in [0.25, 0.3) is 5.91 Å². The summed E-state index contributed by atoms with van der Waals surface area (Å²) in [5, 5.41) is 13.5. The van der Waals surface area contributed by atoms with Crippen LogP contribution in [0.15, 0.2) is 42.9 Å². The van der Waals surface area contributed by atoms with E-state index in [0.29, 0.717) is 16.9 Å². The van der Waals surface area contributed by atoms with Gasteiger partial charge in [-0.1, -0.05) is 13.8 Å². The minimum Gasteiger partial charge on any atom is -0.399 e. The maximum absolute atomic E-state index is 13.5. The average molecular weight is 459 g/mol. The number of rotatable bonds is 4. The van der Waals surface area contributed by atoms with E-state index in [0.717, 1.165) is 23.8 Å². The number of hydrogen-bond donors (Lipinski definition) is 0. The molecule has 3 aromatic rings. The van der Waals surface area contributed by atoms with E-state index < -0.39 is 18.3 Å². The Balaban J connectivity index is 0.00000133. The van der Waals surface area contributed by atoms with E-state index in [1.165, 1.54) is 6.20 Å². The van der Waals surface area contributed by atoms with Gasteiger partial charge in [0.05, 0.1) is 22.3 Å². The summed E-state index contributed by atoms with van der Waals surface area (Å²) >= 11 is 0. The first-order valence-corrected chi connectivity index (χ1v) is 11.7. The zero-order valence-corrected chi connectivity index (χ0v) is 20.6. The lowest BCUT2D eigenvalue weighted by atomic mass is 9.80. The Hall–Kier alpha value is -3.22. The molecule has 8 nitrogen and oxygen atoms in total. The van der Waals surface area contributed by atoms with Crippen molar-refractivity contribution in [3.63, 3.8) is 0 Å². The summed E-state index contributed by atoms with van der Waals surface area (Å²) in [5.74, 6) is 0.421. The number of aromatic nitrogens is 3. The minimum atomic E-state index is -0.567. The summed E-state index contributed by atoms with van der Waals surface area (Å²) in [4.78, 5) is 19.6. The van der Waals surface area contributed by atoms with E-state index in [9.17, 15) is 4.79 Å². The third-order valence-electron chi connectivity index (χ3n) is 6.56. The Labute approximate surface area is 200 Å². The van der Waals surface area contributed by atoms with Crippen molar-refractivity contribution in [2.45, 2.75) is 71.6 Å². The summed E-state index contributed by atoms with van der Waals surface area (Å²) in [6.07, 6.45) is 6.86. The lowest BCUT2D eigenvalue weighted by Gasteiger charge is -2.32. The Kier molecular flexibility index (Phi) is 6.23. The quantitative estimate of drug-likeness (QED) is 0.552. The van der Waals surface area contributed by atoms with Crippen molar-refractivity contribution >= 4 is 29.8 Å². The molecule has 5 rings (SSSR count). The molecule has 2 aliphatic rings. The second-order valence-electron chi connectivity index (χ2n) is 9.36. The van der Waals surface area contributed by atoms with Gasteiger partial charge in [0.2, 0.25) is 0 Å². The van der Waals surface area contributed by atoms with Gasteiger partial charge >= 0.3 is 7.12 Å². The molecule has 0 aromatic carbocycles. The topological polar surface area (TPSA) is 92.8 Å². The van der Waals surface area contributed by atoms with Crippen LogP contribution in [0.2, 0.25) is 0 Å². The molecule has 1 saturated carbocycles. The molecular formula is C25H30BN5O3. The van der Waals surface area contributed by atoms with Crippen LogP contribution >= 0.6 is 0 Å². The second-order valence-corrected chi connectivity index (χ2v) is 9.36. The highest BCUT2D eigenvalue weighted by Gasteiger charge is 2.52. The van der Waals surface area contributed by atoms with Crippen LogP contribution in [0.4, 0.5) is 5.82 Å². The molecule has 0 radical (unpaired) electrons. The molecular weight excluding hydrogens is 429 g/mol. The Morgan fingerprint density at radius 3 is 2.38 bits per heavy atom. The first kappa shape index (κ1) is 23.9. The number of pyridine rings is 2. The molecule has 1 aliphatic heterocycles. The lowest BCUT2D eigenvalue weighted by Crippen LogP contribution is -2.41. The van der Waals surface area contributed by atoms with Crippen LogP contribution in [-0.4, -0.2) is 44.9 Å². The summed E-state index contributed by atoms with van der Waals surface area (Å²) in [5.41, 5.74) is 1.61. The number of hydrogen-bond acceptors (Lipinski definition) is 6.